The van der Waals surface area contributed by atoms with Crippen LogP contribution >= 0.6 is 0 Å². The van der Waals surface area contributed by atoms with Crippen LogP contribution in [0.5, 0.6) is 0 Å². The lowest BCUT2D eigenvalue weighted by molar-refractivity contribution is -0.0769. The summed E-state index contributed by atoms with van der Waals surface area (Å²) in [5.41, 5.74) is 2.11. The Balaban J connectivity index is 1.32. The van der Waals surface area contributed by atoms with Crippen molar-refractivity contribution in [2.45, 2.75) is 25.0 Å². The van der Waals surface area contributed by atoms with E-state index < -0.39 is 0 Å². The summed E-state index contributed by atoms with van der Waals surface area (Å²) in [7, 11) is 2.16. The van der Waals surface area contributed by atoms with Gasteiger partial charge in [0.05, 0.1) is 36.1 Å². The lowest BCUT2D eigenvalue weighted by Crippen LogP contribution is -2.72. The van der Waals surface area contributed by atoms with Crippen molar-refractivity contribution in [3.8, 4) is 6.07 Å². The molecule has 2 aliphatic rings. The number of hydrogen-bond acceptors (Lipinski definition) is 5. The zero-order chi connectivity index (χ0) is 20.3. The van der Waals surface area contributed by atoms with Crippen LogP contribution in [-0.2, 0) is 11.3 Å². The van der Waals surface area contributed by atoms with Crippen LogP contribution in [-0.4, -0.2) is 59.5 Å². The summed E-state index contributed by atoms with van der Waals surface area (Å²) in [5.74, 6) is 0.503. The van der Waals surface area contributed by atoms with Crippen molar-refractivity contribution in [2.24, 2.45) is 5.92 Å². The first-order valence-electron chi connectivity index (χ1n) is 10.1. The number of aromatic nitrogens is 1. The molecule has 0 saturated carbocycles. The van der Waals surface area contributed by atoms with Gasteiger partial charge in [0.15, 0.2) is 0 Å². The maximum absolute atomic E-state index is 12.8. The fraction of sp³-hybridized carbons (Fsp3) is 0.435. The van der Waals surface area contributed by atoms with Crippen LogP contribution < -0.4 is 0 Å². The largest absolute Gasteiger partial charge is 0.375 e. The van der Waals surface area contributed by atoms with Crippen molar-refractivity contribution < 1.29 is 9.53 Å². The van der Waals surface area contributed by atoms with E-state index in [1.54, 1.807) is 30.5 Å². The molecule has 0 N–H and O–H groups in total. The number of likely N-dealkylation sites (tertiary alicyclic amines) is 2. The Morgan fingerprint density at radius 1 is 1.31 bits per heavy atom. The van der Waals surface area contributed by atoms with Crippen LogP contribution in [0.15, 0.2) is 48.7 Å². The van der Waals surface area contributed by atoms with Gasteiger partial charge >= 0.3 is 0 Å². The molecular formula is C23H26N4O2. The van der Waals surface area contributed by atoms with Gasteiger partial charge in [-0.3, -0.25) is 14.7 Å². The molecule has 6 nitrogen and oxygen atoms in total. The minimum atomic E-state index is 0.00894. The zero-order valence-electron chi connectivity index (χ0n) is 16.8. The second-order valence-corrected chi connectivity index (χ2v) is 8.19. The maximum atomic E-state index is 12.8. The zero-order valence-corrected chi connectivity index (χ0v) is 16.8. The second-order valence-electron chi connectivity index (χ2n) is 8.19. The third-order valence-electron chi connectivity index (χ3n) is 6.18. The highest BCUT2D eigenvalue weighted by atomic mass is 16.5. The van der Waals surface area contributed by atoms with Crippen LogP contribution in [0.25, 0.3) is 0 Å². The molecule has 6 heteroatoms. The highest BCUT2D eigenvalue weighted by Gasteiger charge is 2.50. The predicted octanol–water partition coefficient (Wildman–Crippen LogP) is 2.71. The summed E-state index contributed by atoms with van der Waals surface area (Å²) in [6, 6.07) is 14.9. The molecular weight excluding hydrogens is 364 g/mol. The molecule has 29 heavy (non-hydrogen) atoms. The van der Waals surface area contributed by atoms with Crippen molar-refractivity contribution >= 4 is 5.91 Å². The second kappa shape index (κ2) is 8.32. The minimum Gasteiger partial charge on any atom is -0.375 e. The van der Waals surface area contributed by atoms with Gasteiger partial charge in [-0.15, -0.1) is 0 Å². The minimum absolute atomic E-state index is 0.00894. The molecule has 2 aromatic rings. The van der Waals surface area contributed by atoms with Gasteiger partial charge < -0.3 is 9.64 Å². The Labute approximate surface area is 171 Å². The Kier molecular flexibility index (Phi) is 5.61. The fourth-order valence-electron chi connectivity index (χ4n) is 4.45. The van der Waals surface area contributed by atoms with Crippen molar-refractivity contribution in [3.05, 3.63) is 65.5 Å². The van der Waals surface area contributed by atoms with Crippen LogP contribution in [0.1, 0.15) is 34.5 Å². The fourth-order valence-corrected chi connectivity index (χ4v) is 4.45. The average molecular weight is 390 g/mol. The number of piperidine rings is 1. The Bertz CT molecular complexity index is 903. The maximum Gasteiger partial charge on any atom is 0.254 e. The standard InChI is InChI=1S/C23H26N4O2/c1-26-10-8-19(14-29-15-21-7-2-3-9-25-21)12-23(26)16-27(17-23)22(28)20-6-4-5-18(11-20)13-24/h2-7,9,11,19H,8,10,12,14-17H2,1H3. The first-order valence-corrected chi connectivity index (χ1v) is 10.1. The smallest absolute Gasteiger partial charge is 0.254 e. The van der Waals surface area contributed by atoms with Crippen molar-refractivity contribution in [1.29, 1.82) is 5.26 Å². The summed E-state index contributed by atoms with van der Waals surface area (Å²) in [5, 5.41) is 9.06. The molecule has 2 aliphatic heterocycles. The molecule has 3 heterocycles. The van der Waals surface area contributed by atoms with Gasteiger partial charge in [-0.2, -0.15) is 5.26 Å². The molecule has 0 aliphatic carbocycles. The van der Waals surface area contributed by atoms with E-state index in [0.29, 0.717) is 23.7 Å². The summed E-state index contributed by atoms with van der Waals surface area (Å²) < 4.78 is 5.93. The molecule has 4 rings (SSSR count). The number of carbonyl (C=O) groups excluding carboxylic acids is 1. The van der Waals surface area contributed by atoms with Crippen LogP contribution in [0.4, 0.5) is 0 Å². The number of hydrogen-bond donors (Lipinski definition) is 0. The first-order chi connectivity index (χ1) is 14.1. The third kappa shape index (κ3) is 4.16. The van der Waals surface area contributed by atoms with Gasteiger partial charge in [0, 0.05) is 24.8 Å². The number of benzene rings is 1. The van der Waals surface area contributed by atoms with Gasteiger partial charge in [-0.05, 0) is 62.7 Å². The molecule has 1 aromatic carbocycles. The molecule has 1 amide bonds. The van der Waals surface area contributed by atoms with Crippen LogP contribution in [0.2, 0.25) is 0 Å². The Morgan fingerprint density at radius 3 is 2.93 bits per heavy atom. The molecule has 2 saturated heterocycles. The van der Waals surface area contributed by atoms with E-state index in [0.717, 1.165) is 44.8 Å². The molecule has 0 radical (unpaired) electrons. The molecule has 0 bridgehead atoms. The number of pyridine rings is 1. The SMILES string of the molecule is CN1CCC(COCc2ccccn2)CC12CN(C(=O)c1cccc(C#N)c1)C2. The topological polar surface area (TPSA) is 69.5 Å². The van der Waals surface area contributed by atoms with E-state index in [-0.39, 0.29) is 11.4 Å². The first kappa shape index (κ1) is 19.6. The van der Waals surface area contributed by atoms with Gasteiger partial charge in [0.2, 0.25) is 0 Å². The number of likely N-dealkylation sites (N-methyl/N-ethyl adjacent to an activating group) is 1. The molecule has 1 unspecified atom stereocenters. The molecule has 1 atom stereocenters. The monoisotopic (exact) mass is 390 g/mol. The van der Waals surface area contributed by atoms with Gasteiger partial charge in [-0.25, -0.2) is 0 Å². The Morgan fingerprint density at radius 2 is 2.17 bits per heavy atom. The van der Waals surface area contributed by atoms with E-state index in [4.69, 9.17) is 10.00 Å². The predicted molar refractivity (Wildman–Crippen MR) is 109 cm³/mol. The lowest BCUT2D eigenvalue weighted by atomic mass is 9.75. The number of rotatable bonds is 5. The van der Waals surface area contributed by atoms with Crippen molar-refractivity contribution in [2.75, 3.05) is 33.3 Å². The average Bonchev–Trinajstić information content (AvgIpc) is 2.73. The van der Waals surface area contributed by atoms with Crippen LogP contribution in [0, 0.1) is 17.2 Å². The number of ether oxygens (including phenoxy) is 1. The molecule has 2 fully saturated rings. The van der Waals surface area contributed by atoms with E-state index >= 15 is 0 Å². The quantitative estimate of drug-likeness (QED) is 0.785. The molecule has 1 spiro atoms. The summed E-state index contributed by atoms with van der Waals surface area (Å²) >= 11 is 0. The summed E-state index contributed by atoms with van der Waals surface area (Å²) in [4.78, 5) is 21.4. The van der Waals surface area contributed by atoms with E-state index in [1.165, 1.54) is 0 Å². The number of nitrogens with zero attached hydrogens (tertiary/aromatic N) is 4. The molecule has 150 valence electrons. The van der Waals surface area contributed by atoms with Crippen molar-refractivity contribution in [3.63, 3.8) is 0 Å². The van der Waals surface area contributed by atoms with Gasteiger partial charge in [0.25, 0.3) is 5.91 Å². The summed E-state index contributed by atoms with van der Waals surface area (Å²) in [6.45, 7) is 3.75. The lowest BCUT2D eigenvalue weighted by Gasteiger charge is -2.58. The van der Waals surface area contributed by atoms with E-state index in [1.807, 2.05) is 23.1 Å². The number of nitriles is 1. The Hall–Kier alpha value is -2.75. The number of amides is 1. The van der Waals surface area contributed by atoms with E-state index in [9.17, 15) is 4.79 Å². The van der Waals surface area contributed by atoms with Crippen molar-refractivity contribution in [1.82, 2.24) is 14.8 Å². The third-order valence-corrected chi connectivity index (χ3v) is 6.18. The summed E-state index contributed by atoms with van der Waals surface area (Å²) in [6.07, 6.45) is 3.93. The van der Waals surface area contributed by atoms with Gasteiger partial charge in [-0.1, -0.05) is 12.1 Å². The van der Waals surface area contributed by atoms with Gasteiger partial charge in [0.1, 0.15) is 0 Å². The number of carbonyl (C=O) groups is 1. The van der Waals surface area contributed by atoms with Crippen LogP contribution in [0.3, 0.4) is 0 Å². The van der Waals surface area contributed by atoms with E-state index in [2.05, 4.69) is 23.0 Å². The molecule has 1 aromatic heterocycles. The highest BCUT2D eigenvalue weighted by molar-refractivity contribution is 5.95. The normalized spacial score (nSPS) is 20.8. The highest BCUT2D eigenvalue weighted by Crippen LogP contribution is 2.39.